The van der Waals surface area contributed by atoms with E-state index in [1.807, 2.05) is 6.07 Å². The van der Waals surface area contributed by atoms with Gasteiger partial charge in [-0.05, 0) is 35.9 Å². The van der Waals surface area contributed by atoms with Crippen LogP contribution < -0.4 is 0 Å². The zero-order valence-corrected chi connectivity index (χ0v) is 9.83. The van der Waals surface area contributed by atoms with E-state index in [0.717, 1.165) is 10.0 Å². The molecule has 0 fully saturated rings. The van der Waals surface area contributed by atoms with E-state index in [2.05, 4.69) is 15.9 Å². The third-order valence-corrected chi connectivity index (χ3v) is 2.75. The minimum absolute atomic E-state index is 0.270. The normalized spacial score (nSPS) is 9.81. The molecule has 0 atom stereocenters. The second-order valence-electron chi connectivity index (χ2n) is 3.31. The van der Waals surface area contributed by atoms with Crippen molar-refractivity contribution < 1.29 is 4.39 Å². The first-order valence-electron chi connectivity index (χ1n) is 4.66. The predicted octanol–water partition coefficient (Wildman–Crippen LogP) is 4.13. The average molecular weight is 276 g/mol. The average Bonchev–Trinajstić information content (AvgIpc) is 2.32. The summed E-state index contributed by atoms with van der Waals surface area (Å²) in [5, 5.41) is 8.67. The van der Waals surface area contributed by atoms with Crippen LogP contribution in [0.1, 0.15) is 5.56 Å². The molecule has 0 unspecified atom stereocenters. The van der Waals surface area contributed by atoms with Crippen molar-refractivity contribution in [2.24, 2.45) is 0 Å². The fourth-order valence-electron chi connectivity index (χ4n) is 1.44. The zero-order valence-electron chi connectivity index (χ0n) is 8.24. The van der Waals surface area contributed by atoms with Gasteiger partial charge in [-0.3, -0.25) is 0 Å². The molecule has 2 rings (SSSR count). The molecule has 1 nitrogen and oxygen atoms in total. The highest BCUT2D eigenvalue weighted by atomic mass is 79.9. The molecule has 3 heteroatoms. The molecule has 0 spiro atoms. The summed E-state index contributed by atoms with van der Waals surface area (Å²) in [4.78, 5) is 0. The van der Waals surface area contributed by atoms with Crippen molar-refractivity contribution >= 4 is 15.9 Å². The van der Waals surface area contributed by atoms with E-state index < -0.39 is 0 Å². The van der Waals surface area contributed by atoms with Crippen LogP contribution in [0.25, 0.3) is 11.1 Å². The van der Waals surface area contributed by atoms with Crippen LogP contribution in [-0.4, -0.2) is 0 Å². The molecule has 0 aliphatic rings. The molecule has 0 radical (unpaired) electrons. The van der Waals surface area contributed by atoms with Crippen LogP contribution in [0.2, 0.25) is 0 Å². The minimum atomic E-state index is -0.270. The Morgan fingerprint density at radius 1 is 1.06 bits per heavy atom. The van der Waals surface area contributed by atoms with E-state index in [4.69, 9.17) is 5.26 Å². The summed E-state index contributed by atoms with van der Waals surface area (Å²) in [6.45, 7) is 0. The molecule has 0 N–H and O–H groups in total. The van der Waals surface area contributed by atoms with Gasteiger partial charge < -0.3 is 0 Å². The molecule has 0 aromatic heterocycles. The van der Waals surface area contributed by atoms with Crippen molar-refractivity contribution in [2.75, 3.05) is 0 Å². The second kappa shape index (κ2) is 4.46. The lowest BCUT2D eigenvalue weighted by Crippen LogP contribution is -1.84. The third kappa shape index (κ3) is 2.12. The van der Waals surface area contributed by atoms with Crippen molar-refractivity contribution in [3.63, 3.8) is 0 Å². The van der Waals surface area contributed by atoms with Gasteiger partial charge in [-0.25, -0.2) is 4.39 Å². The maximum absolute atomic E-state index is 13.6. The molecule has 0 saturated heterocycles. The van der Waals surface area contributed by atoms with E-state index in [0.29, 0.717) is 11.1 Å². The summed E-state index contributed by atoms with van der Waals surface area (Å²) >= 11 is 3.30. The number of hydrogen-bond acceptors (Lipinski definition) is 1. The Balaban J connectivity index is 2.50. The fourth-order valence-corrected chi connectivity index (χ4v) is 1.80. The fraction of sp³-hybridized carbons (Fsp3) is 0. The maximum Gasteiger partial charge on any atom is 0.131 e. The molecule has 2 aromatic carbocycles. The molecule has 2 aromatic rings. The monoisotopic (exact) mass is 275 g/mol. The molecule has 16 heavy (non-hydrogen) atoms. The highest BCUT2D eigenvalue weighted by Crippen LogP contribution is 2.26. The number of hydrogen-bond donors (Lipinski definition) is 0. The largest absolute Gasteiger partial charge is 0.206 e. The number of rotatable bonds is 1. The lowest BCUT2D eigenvalue weighted by molar-refractivity contribution is 0.631. The summed E-state index contributed by atoms with van der Waals surface area (Å²) in [5.41, 5.74) is 1.86. The molecule has 0 aliphatic heterocycles. The molecule has 0 amide bonds. The van der Waals surface area contributed by atoms with Crippen LogP contribution in [0, 0.1) is 17.1 Å². The van der Waals surface area contributed by atoms with E-state index in [1.165, 1.54) is 6.07 Å². The zero-order chi connectivity index (χ0) is 11.5. The number of halogens is 2. The van der Waals surface area contributed by atoms with Gasteiger partial charge >= 0.3 is 0 Å². The minimum Gasteiger partial charge on any atom is -0.206 e. The van der Waals surface area contributed by atoms with E-state index >= 15 is 0 Å². The Labute approximate surface area is 101 Å². The summed E-state index contributed by atoms with van der Waals surface area (Å²) < 4.78 is 14.4. The van der Waals surface area contributed by atoms with Crippen molar-refractivity contribution in [3.05, 3.63) is 58.3 Å². The molecular weight excluding hydrogens is 269 g/mol. The van der Waals surface area contributed by atoms with Gasteiger partial charge in [-0.1, -0.05) is 28.1 Å². The van der Waals surface area contributed by atoms with Crippen molar-refractivity contribution in [1.82, 2.24) is 0 Å². The highest BCUT2D eigenvalue weighted by Gasteiger charge is 2.05. The van der Waals surface area contributed by atoms with Crippen LogP contribution >= 0.6 is 15.9 Å². The molecular formula is C13H7BrFN. The van der Waals surface area contributed by atoms with Crippen LogP contribution in [0.5, 0.6) is 0 Å². The smallest absolute Gasteiger partial charge is 0.131 e. The lowest BCUT2D eigenvalue weighted by atomic mass is 10.0. The first-order chi connectivity index (χ1) is 7.70. The highest BCUT2D eigenvalue weighted by molar-refractivity contribution is 9.10. The SMILES string of the molecule is N#Cc1ccc(-c2cc(Br)ccc2F)cc1. The molecule has 78 valence electrons. The molecule has 0 heterocycles. The number of nitrogens with zero attached hydrogens (tertiary/aromatic N) is 1. The number of nitriles is 1. The van der Waals surface area contributed by atoms with Crippen LogP contribution in [0.15, 0.2) is 46.9 Å². The first-order valence-corrected chi connectivity index (χ1v) is 5.45. The van der Waals surface area contributed by atoms with Crippen molar-refractivity contribution in [2.45, 2.75) is 0 Å². The Morgan fingerprint density at radius 2 is 1.75 bits per heavy atom. The standard InChI is InChI=1S/C13H7BrFN/c14-11-5-6-13(15)12(7-11)10-3-1-9(8-16)2-4-10/h1-7H. The van der Waals surface area contributed by atoms with Crippen LogP contribution in [0.3, 0.4) is 0 Å². The maximum atomic E-state index is 13.6. The summed E-state index contributed by atoms with van der Waals surface area (Å²) in [6.07, 6.45) is 0. The Bertz CT molecular complexity index is 555. The van der Waals surface area contributed by atoms with Gasteiger partial charge in [0.2, 0.25) is 0 Å². The van der Waals surface area contributed by atoms with Crippen molar-refractivity contribution in [3.8, 4) is 17.2 Å². The van der Waals surface area contributed by atoms with E-state index in [1.54, 1.807) is 36.4 Å². The molecule has 0 aliphatic carbocycles. The topological polar surface area (TPSA) is 23.8 Å². The quantitative estimate of drug-likeness (QED) is 0.768. The molecule has 0 saturated carbocycles. The first kappa shape index (κ1) is 10.8. The summed E-state index contributed by atoms with van der Waals surface area (Å²) in [7, 11) is 0. The Kier molecular flexibility index (Phi) is 3.02. The Morgan fingerprint density at radius 3 is 2.38 bits per heavy atom. The predicted molar refractivity (Wildman–Crippen MR) is 64.3 cm³/mol. The van der Waals surface area contributed by atoms with Gasteiger partial charge in [-0.2, -0.15) is 5.26 Å². The number of benzene rings is 2. The Hall–Kier alpha value is -1.66. The van der Waals surface area contributed by atoms with Gasteiger partial charge in [0.25, 0.3) is 0 Å². The molecule has 0 bridgehead atoms. The van der Waals surface area contributed by atoms with Gasteiger partial charge in [-0.15, -0.1) is 0 Å². The summed E-state index contributed by atoms with van der Waals surface area (Å²) in [5.74, 6) is -0.270. The second-order valence-corrected chi connectivity index (χ2v) is 4.23. The van der Waals surface area contributed by atoms with Crippen molar-refractivity contribution in [1.29, 1.82) is 5.26 Å². The lowest BCUT2D eigenvalue weighted by Gasteiger charge is -2.04. The van der Waals surface area contributed by atoms with E-state index in [9.17, 15) is 4.39 Å². The third-order valence-electron chi connectivity index (χ3n) is 2.25. The van der Waals surface area contributed by atoms with E-state index in [-0.39, 0.29) is 5.82 Å². The van der Waals surface area contributed by atoms with Crippen LogP contribution in [-0.2, 0) is 0 Å². The van der Waals surface area contributed by atoms with Gasteiger partial charge in [0, 0.05) is 10.0 Å². The summed E-state index contributed by atoms with van der Waals surface area (Å²) in [6, 6.07) is 13.6. The van der Waals surface area contributed by atoms with Gasteiger partial charge in [0.1, 0.15) is 5.82 Å². The van der Waals surface area contributed by atoms with Gasteiger partial charge in [0.15, 0.2) is 0 Å². The van der Waals surface area contributed by atoms with Gasteiger partial charge in [0.05, 0.1) is 11.6 Å². The van der Waals surface area contributed by atoms with Crippen LogP contribution in [0.4, 0.5) is 4.39 Å².